The summed E-state index contributed by atoms with van der Waals surface area (Å²) in [7, 11) is 0. The second-order valence-electron chi connectivity index (χ2n) is 9.40. The van der Waals surface area contributed by atoms with E-state index < -0.39 is 0 Å². The molecule has 170 valence electrons. The molecular formula is C24H30FN5O2. The van der Waals surface area contributed by atoms with Gasteiger partial charge < -0.3 is 15.1 Å². The highest BCUT2D eigenvalue weighted by molar-refractivity contribution is 6.00. The van der Waals surface area contributed by atoms with E-state index in [2.05, 4.69) is 15.3 Å². The molecule has 2 aromatic rings. The lowest BCUT2D eigenvalue weighted by Gasteiger charge is -2.38. The normalized spacial score (nSPS) is 27.8. The molecule has 2 amide bonds. The number of anilines is 1. The number of aromatic nitrogens is 2. The monoisotopic (exact) mass is 439 g/mol. The van der Waals surface area contributed by atoms with Crippen molar-refractivity contribution in [3.63, 3.8) is 0 Å². The van der Waals surface area contributed by atoms with Crippen molar-refractivity contribution in [3.05, 3.63) is 48.5 Å². The summed E-state index contributed by atoms with van der Waals surface area (Å²) in [5.41, 5.74) is 0.522. The Labute approximate surface area is 187 Å². The average Bonchev–Trinajstić information content (AvgIpc) is 3.47. The molecule has 3 fully saturated rings. The first kappa shape index (κ1) is 21.1. The first-order valence-electron chi connectivity index (χ1n) is 11.6. The maximum absolute atomic E-state index is 13.6. The molecule has 32 heavy (non-hydrogen) atoms. The van der Waals surface area contributed by atoms with Gasteiger partial charge in [-0.15, -0.1) is 0 Å². The second kappa shape index (κ2) is 9.02. The zero-order valence-corrected chi connectivity index (χ0v) is 18.2. The van der Waals surface area contributed by atoms with Crippen LogP contribution in [0.5, 0.6) is 0 Å². The Bertz CT molecular complexity index is 951. The van der Waals surface area contributed by atoms with Crippen LogP contribution in [-0.2, 0) is 16.1 Å². The van der Waals surface area contributed by atoms with Crippen LogP contribution in [0, 0.1) is 23.6 Å². The molecule has 2 aliphatic heterocycles. The fourth-order valence-electron chi connectivity index (χ4n) is 5.69. The zero-order chi connectivity index (χ0) is 22.1. The van der Waals surface area contributed by atoms with Crippen molar-refractivity contribution in [2.75, 3.05) is 31.1 Å². The lowest BCUT2D eigenvalue weighted by atomic mass is 9.91. The van der Waals surface area contributed by atoms with Crippen LogP contribution >= 0.6 is 0 Å². The summed E-state index contributed by atoms with van der Waals surface area (Å²) in [6.07, 6.45) is 7.34. The highest BCUT2D eigenvalue weighted by Crippen LogP contribution is 2.37. The first-order chi connectivity index (χ1) is 15.6. The number of aryl methyl sites for hydroxylation is 1. The lowest BCUT2D eigenvalue weighted by molar-refractivity contribution is -0.127. The molecule has 2 unspecified atom stereocenters. The second-order valence-corrected chi connectivity index (χ2v) is 9.40. The number of nitrogens with zero attached hydrogens (tertiary/aromatic N) is 4. The first-order valence-corrected chi connectivity index (χ1v) is 11.6. The number of amides is 2. The molecule has 2 bridgehead atoms. The van der Waals surface area contributed by atoms with E-state index >= 15 is 0 Å². The number of rotatable bonds is 7. The summed E-state index contributed by atoms with van der Waals surface area (Å²) >= 11 is 0. The van der Waals surface area contributed by atoms with Crippen LogP contribution < -0.4 is 10.2 Å². The molecule has 4 atom stereocenters. The standard InChI is InChI=1S/C24H30FN5O2/c25-20-4-1-5-21(13-20)30-16-19(12-22(30)31)24(32)27-23-17-6-7-18(23)15-28(14-17)9-3-11-29-10-2-8-26-29/h1-2,4-5,8,10,13,17-19,23H,3,6-7,9,11-12,14-16H2,(H,27,32)/t17-,18+,19?,23?. The summed E-state index contributed by atoms with van der Waals surface area (Å²) in [5, 5.41) is 7.56. The average molecular weight is 440 g/mol. The Balaban J connectivity index is 1.13. The van der Waals surface area contributed by atoms with Gasteiger partial charge in [0.25, 0.3) is 0 Å². The molecule has 2 saturated heterocycles. The van der Waals surface area contributed by atoms with E-state index in [4.69, 9.17) is 0 Å². The van der Waals surface area contributed by atoms with Gasteiger partial charge in [-0.3, -0.25) is 14.3 Å². The lowest BCUT2D eigenvalue weighted by Crippen LogP contribution is -2.53. The van der Waals surface area contributed by atoms with E-state index in [1.165, 1.54) is 17.0 Å². The third kappa shape index (κ3) is 4.41. The molecule has 1 aliphatic carbocycles. The number of nitrogens with one attached hydrogen (secondary N) is 1. The molecule has 5 rings (SSSR count). The summed E-state index contributed by atoms with van der Waals surface area (Å²) in [6, 6.07) is 8.15. The molecular weight excluding hydrogens is 409 g/mol. The Morgan fingerprint density at radius 1 is 1.12 bits per heavy atom. The van der Waals surface area contributed by atoms with Gasteiger partial charge >= 0.3 is 0 Å². The van der Waals surface area contributed by atoms with Gasteiger partial charge in [0.15, 0.2) is 0 Å². The third-order valence-corrected chi connectivity index (χ3v) is 7.25. The van der Waals surface area contributed by atoms with Crippen molar-refractivity contribution in [1.82, 2.24) is 20.0 Å². The molecule has 3 aliphatic rings. The van der Waals surface area contributed by atoms with Gasteiger partial charge in [-0.1, -0.05) is 6.07 Å². The van der Waals surface area contributed by atoms with E-state index in [1.807, 2.05) is 23.1 Å². The molecule has 1 N–H and O–H groups in total. The number of hydrogen-bond acceptors (Lipinski definition) is 4. The summed E-state index contributed by atoms with van der Waals surface area (Å²) in [6.45, 7) is 4.32. The summed E-state index contributed by atoms with van der Waals surface area (Å²) in [4.78, 5) is 29.6. The molecule has 0 radical (unpaired) electrons. The van der Waals surface area contributed by atoms with Gasteiger partial charge in [0.1, 0.15) is 5.82 Å². The Kier molecular flexibility index (Phi) is 5.95. The van der Waals surface area contributed by atoms with E-state index in [9.17, 15) is 14.0 Å². The van der Waals surface area contributed by atoms with Crippen LogP contribution in [0.4, 0.5) is 10.1 Å². The van der Waals surface area contributed by atoms with Gasteiger partial charge in [-0.2, -0.15) is 5.10 Å². The minimum absolute atomic E-state index is 0.0358. The van der Waals surface area contributed by atoms with Crippen LogP contribution in [0.2, 0.25) is 0 Å². The van der Waals surface area contributed by atoms with Gasteiger partial charge in [0.05, 0.1) is 5.92 Å². The van der Waals surface area contributed by atoms with Gasteiger partial charge in [-0.05, 0) is 61.9 Å². The molecule has 1 saturated carbocycles. The predicted octanol–water partition coefficient (Wildman–Crippen LogP) is 2.29. The molecule has 0 spiro atoms. The maximum Gasteiger partial charge on any atom is 0.227 e. The molecule has 7 nitrogen and oxygen atoms in total. The van der Waals surface area contributed by atoms with Crippen LogP contribution in [0.15, 0.2) is 42.7 Å². The molecule has 3 heterocycles. The van der Waals surface area contributed by atoms with E-state index in [0.717, 1.165) is 45.4 Å². The van der Waals surface area contributed by atoms with Gasteiger partial charge in [0, 0.05) is 56.7 Å². The minimum atomic E-state index is -0.379. The Morgan fingerprint density at radius 3 is 2.66 bits per heavy atom. The van der Waals surface area contributed by atoms with Crippen molar-refractivity contribution < 1.29 is 14.0 Å². The van der Waals surface area contributed by atoms with Crippen LogP contribution in [0.25, 0.3) is 0 Å². The predicted molar refractivity (Wildman–Crippen MR) is 118 cm³/mol. The van der Waals surface area contributed by atoms with Gasteiger partial charge in [-0.25, -0.2) is 4.39 Å². The Morgan fingerprint density at radius 2 is 1.94 bits per heavy atom. The third-order valence-electron chi connectivity index (χ3n) is 7.25. The number of carbonyl (C=O) groups is 2. The smallest absolute Gasteiger partial charge is 0.227 e. The number of carbonyl (C=O) groups excluding carboxylic acids is 2. The minimum Gasteiger partial charge on any atom is -0.352 e. The number of piperidine rings is 1. The van der Waals surface area contributed by atoms with Crippen LogP contribution in [0.1, 0.15) is 25.7 Å². The quantitative estimate of drug-likeness (QED) is 0.719. The number of halogens is 1. The number of fused-ring (bicyclic) bond motifs is 2. The van der Waals surface area contributed by atoms with Gasteiger partial charge in [0.2, 0.25) is 11.8 Å². The summed E-state index contributed by atoms with van der Waals surface area (Å²) in [5.74, 6) is 0.0306. The van der Waals surface area contributed by atoms with Crippen molar-refractivity contribution >= 4 is 17.5 Å². The van der Waals surface area contributed by atoms with E-state index in [-0.39, 0.29) is 36.0 Å². The fourth-order valence-corrected chi connectivity index (χ4v) is 5.69. The molecule has 1 aromatic carbocycles. The Hall–Kier alpha value is -2.74. The van der Waals surface area contributed by atoms with Crippen molar-refractivity contribution in [2.24, 2.45) is 17.8 Å². The van der Waals surface area contributed by atoms with Crippen molar-refractivity contribution in [3.8, 4) is 0 Å². The molecule has 8 heteroatoms. The maximum atomic E-state index is 13.6. The topological polar surface area (TPSA) is 70.5 Å². The number of benzene rings is 1. The van der Waals surface area contributed by atoms with E-state index in [1.54, 1.807) is 12.1 Å². The number of likely N-dealkylation sites (tertiary alicyclic amines) is 1. The SMILES string of the molecule is O=C(NC1[C@@H]2CC[C@H]1CN(CCCn1cccn1)C2)C1CC(=O)N(c2cccc(F)c2)C1. The molecule has 1 aromatic heterocycles. The largest absolute Gasteiger partial charge is 0.352 e. The summed E-state index contributed by atoms with van der Waals surface area (Å²) < 4.78 is 15.5. The van der Waals surface area contributed by atoms with E-state index in [0.29, 0.717) is 24.1 Å². The fraction of sp³-hybridized carbons (Fsp3) is 0.542. The highest BCUT2D eigenvalue weighted by atomic mass is 19.1. The highest BCUT2D eigenvalue weighted by Gasteiger charge is 2.44. The van der Waals surface area contributed by atoms with Crippen molar-refractivity contribution in [1.29, 1.82) is 0 Å². The van der Waals surface area contributed by atoms with Crippen LogP contribution in [0.3, 0.4) is 0 Å². The zero-order valence-electron chi connectivity index (χ0n) is 18.2. The number of hydrogen-bond donors (Lipinski definition) is 1. The van der Waals surface area contributed by atoms with Crippen LogP contribution in [-0.4, -0.2) is 58.7 Å². The van der Waals surface area contributed by atoms with Crippen molar-refractivity contribution in [2.45, 2.75) is 38.3 Å².